The van der Waals surface area contributed by atoms with Crippen molar-refractivity contribution >= 4 is 23.0 Å². The second-order valence-corrected chi connectivity index (χ2v) is 11.9. The van der Waals surface area contributed by atoms with Crippen LogP contribution in [0.1, 0.15) is 103 Å². The van der Waals surface area contributed by atoms with Gasteiger partial charge >= 0.3 is 5.97 Å². The first-order valence-corrected chi connectivity index (χ1v) is 16.0. The molecule has 232 valence electrons. The van der Waals surface area contributed by atoms with E-state index in [-0.39, 0.29) is 35.3 Å². The van der Waals surface area contributed by atoms with Gasteiger partial charge in [-0.1, -0.05) is 107 Å². The summed E-state index contributed by atoms with van der Waals surface area (Å²) in [5.41, 5.74) is 2.09. The van der Waals surface area contributed by atoms with Crippen LogP contribution in [0.4, 0.5) is 0 Å². The summed E-state index contributed by atoms with van der Waals surface area (Å²) in [6, 6.07) is 16.7. The van der Waals surface area contributed by atoms with Crippen LogP contribution >= 0.6 is 11.9 Å². The first-order chi connectivity index (χ1) is 20.8. The van der Waals surface area contributed by atoms with Gasteiger partial charge in [0.2, 0.25) is 5.12 Å². The zero-order valence-corrected chi connectivity index (χ0v) is 26.6. The molecule has 0 bridgehead atoms. The Morgan fingerprint density at radius 3 is 2.12 bits per heavy atom. The van der Waals surface area contributed by atoms with Crippen LogP contribution in [0.15, 0.2) is 77.3 Å². The van der Waals surface area contributed by atoms with E-state index in [9.17, 15) is 19.7 Å². The Morgan fingerprint density at radius 2 is 1.49 bits per heavy atom. The summed E-state index contributed by atoms with van der Waals surface area (Å²) >= 11 is 0.822. The summed E-state index contributed by atoms with van der Waals surface area (Å²) in [5.74, 6) is -1.23. The summed E-state index contributed by atoms with van der Waals surface area (Å²) in [6.07, 6.45) is 10.2. The fourth-order valence-electron chi connectivity index (χ4n) is 5.33. The van der Waals surface area contributed by atoms with Crippen molar-refractivity contribution in [3.8, 4) is 5.75 Å². The molecule has 0 amide bonds. The molecule has 1 atom stereocenters. The number of ether oxygens (including phenoxy) is 2. The molecule has 43 heavy (non-hydrogen) atoms. The van der Waals surface area contributed by atoms with E-state index in [2.05, 4.69) is 6.92 Å². The molecule has 0 fully saturated rings. The van der Waals surface area contributed by atoms with Crippen LogP contribution < -0.4 is 4.74 Å². The zero-order chi connectivity index (χ0) is 31.2. The predicted molar refractivity (Wildman–Crippen MR) is 171 cm³/mol. The van der Waals surface area contributed by atoms with Gasteiger partial charge in [0, 0.05) is 30.1 Å². The van der Waals surface area contributed by atoms with Crippen molar-refractivity contribution in [2.75, 3.05) is 6.61 Å². The Balaban J connectivity index is 1.86. The number of hydrogen-bond acceptors (Lipinski definition) is 8. The number of rotatable bonds is 17. The van der Waals surface area contributed by atoms with Gasteiger partial charge in [-0.15, -0.1) is 0 Å². The van der Waals surface area contributed by atoms with E-state index < -0.39 is 16.8 Å². The third-order valence-corrected chi connectivity index (χ3v) is 8.50. The van der Waals surface area contributed by atoms with E-state index in [4.69, 9.17) is 9.47 Å². The molecule has 0 radical (unpaired) electrons. The topological polar surface area (TPSA) is 99.0 Å². The molecule has 1 unspecified atom stereocenters. The van der Waals surface area contributed by atoms with Crippen LogP contribution in [0.2, 0.25) is 0 Å². The Hall–Kier alpha value is -3.59. The number of hydrogen-bond donors (Lipinski definition) is 0. The lowest BCUT2D eigenvalue weighted by atomic mass is 9.83. The largest absolute Gasteiger partial charge is 0.489 e. The standard InChI is InChI=1S/C34H44N2O6S/c1-5-6-7-8-9-10-11-12-18-23-41-34(38)31-25(2)35(43-27(4)37)26(3)33(36(39)40)32(31)29-21-16-17-22-30(29)42-24-28-19-14-13-15-20-28/h13-17,19-22,32H,5-12,18,23-24H2,1-4H3. The minimum atomic E-state index is -1.04. The SMILES string of the molecule is CCCCCCCCCCCOC(=O)C1=C(C)N(SC(C)=O)C(C)=C([N+](=O)[O-])C1c1ccccc1OCc1ccccc1. The van der Waals surface area contributed by atoms with Crippen LogP contribution in [0, 0.1) is 10.1 Å². The molecule has 0 aromatic heterocycles. The Kier molecular flexibility index (Phi) is 13.8. The summed E-state index contributed by atoms with van der Waals surface area (Å²) in [7, 11) is 0. The Morgan fingerprint density at radius 1 is 0.884 bits per heavy atom. The Bertz CT molecular complexity index is 1310. The van der Waals surface area contributed by atoms with E-state index in [0.717, 1.165) is 43.2 Å². The number of nitrogens with zero attached hydrogens (tertiary/aromatic N) is 2. The first kappa shape index (κ1) is 33.9. The number of nitro groups is 1. The fourth-order valence-corrected chi connectivity index (χ4v) is 6.05. The van der Waals surface area contributed by atoms with Crippen molar-refractivity contribution in [2.24, 2.45) is 0 Å². The lowest BCUT2D eigenvalue weighted by Crippen LogP contribution is -2.32. The van der Waals surface area contributed by atoms with E-state index in [1.807, 2.05) is 30.3 Å². The number of allylic oxidation sites excluding steroid dienone is 3. The van der Waals surface area contributed by atoms with Gasteiger partial charge in [-0.05, 0) is 31.9 Å². The van der Waals surface area contributed by atoms with E-state index in [1.165, 1.54) is 43.3 Å². The molecular weight excluding hydrogens is 564 g/mol. The van der Waals surface area contributed by atoms with E-state index >= 15 is 0 Å². The highest BCUT2D eigenvalue weighted by molar-refractivity contribution is 8.11. The molecule has 9 heteroatoms. The minimum absolute atomic E-state index is 0.137. The van der Waals surface area contributed by atoms with E-state index in [1.54, 1.807) is 38.1 Å². The van der Waals surface area contributed by atoms with Crippen molar-refractivity contribution in [1.82, 2.24) is 4.31 Å². The Labute approximate surface area is 259 Å². The molecule has 1 aliphatic heterocycles. The molecule has 2 aromatic carbocycles. The van der Waals surface area contributed by atoms with Crippen LogP contribution in [0.3, 0.4) is 0 Å². The minimum Gasteiger partial charge on any atom is -0.489 e. The molecule has 0 spiro atoms. The van der Waals surface area contributed by atoms with E-state index in [0.29, 0.717) is 17.0 Å². The van der Waals surface area contributed by atoms with Gasteiger partial charge in [0.15, 0.2) is 0 Å². The number of carbonyl (C=O) groups excluding carboxylic acids is 2. The van der Waals surface area contributed by atoms with Crippen LogP contribution in [-0.2, 0) is 20.9 Å². The normalized spacial score (nSPS) is 15.1. The maximum atomic E-state index is 13.7. The molecule has 8 nitrogen and oxygen atoms in total. The summed E-state index contributed by atoms with van der Waals surface area (Å²) < 4.78 is 13.4. The van der Waals surface area contributed by atoms with Gasteiger partial charge in [0.05, 0.1) is 17.1 Å². The van der Waals surface area contributed by atoms with Crippen molar-refractivity contribution < 1.29 is 24.0 Å². The predicted octanol–water partition coefficient (Wildman–Crippen LogP) is 8.72. The second-order valence-electron chi connectivity index (χ2n) is 10.8. The summed E-state index contributed by atoms with van der Waals surface area (Å²) in [4.78, 5) is 38.0. The third-order valence-electron chi connectivity index (χ3n) is 7.52. The van der Waals surface area contributed by atoms with Gasteiger partial charge in [-0.25, -0.2) is 4.79 Å². The summed E-state index contributed by atoms with van der Waals surface area (Å²) in [6.45, 7) is 7.38. The van der Waals surface area contributed by atoms with Crippen molar-refractivity contribution in [3.05, 3.63) is 98.5 Å². The number of para-hydroxylation sites is 1. The highest BCUT2D eigenvalue weighted by Crippen LogP contribution is 2.47. The van der Waals surface area contributed by atoms with Gasteiger partial charge in [-0.3, -0.25) is 19.2 Å². The number of unbranched alkanes of at least 4 members (excludes halogenated alkanes) is 8. The molecule has 0 saturated heterocycles. The maximum absolute atomic E-state index is 13.7. The highest BCUT2D eigenvalue weighted by Gasteiger charge is 2.45. The highest BCUT2D eigenvalue weighted by atomic mass is 32.2. The molecule has 0 saturated carbocycles. The third kappa shape index (κ3) is 9.71. The molecule has 1 heterocycles. The zero-order valence-electron chi connectivity index (χ0n) is 25.8. The lowest BCUT2D eigenvalue weighted by molar-refractivity contribution is -0.431. The van der Waals surface area contributed by atoms with Crippen LogP contribution in [-0.4, -0.2) is 26.9 Å². The van der Waals surface area contributed by atoms with Crippen molar-refractivity contribution in [3.63, 3.8) is 0 Å². The molecule has 0 N–H and O–H groups in total. The molecule has 0 aliphatic carbocycles. The fraction of sp³-hybridized carbons (Fsp3) is 0.471. The lowest BCUT2D eigenvalue weighted by Gasteiger charge is -2.33. The molecule has 3 rings (SSSR count). The average Bonchev–Trinajstić information content (AvgIpc) is 2.99. The van der Waals surface area contributed by atoms with Crippen molar-refractivity contribution in [2.45, 2.75) is 98.0 Å². The maximum Gasteiger partial charge on any atom is 0.337 e. The quantitative estimate of drug-likeness (QED) is 0.0578. The van der Waals surface area contributed by atoms with Crippen LogP contribution in [0.25, 0.3) is 0 Å². The molecular formula is C34H44N2O6S. The molecule has 2 aromatic rings. The number of benzene rings is 2. The number of esters is 1. The van der Waals surface area contributed by atoms with Crippen molar-refractivity contribution in [1.29, 1.82) is 0 Å². The number of carbonyl (C=O) groups is 2. The monoisotopic (exact) mass is 608 g/mol. The smallest absolute Gasteiger partial charge is 0.337 e. The van der Waals surface area contributed by atoms with Gasteiger partial charge in [0.1, 0.15) is 24.0 Å². The molecule has 1 aliphatic rings. The second kappa shape index (κ2) is 17.5. The van der Waals surface area contributed by atoms with Gasteiger partial charge in [-0.2, -0.15) is 0 Å². The average molecular weight is 609 g/mol. The van der Waals surface area contributed by atoms with Gasteiger partial charge in [0.25, 0.3) is 5.70 Å². The first-order valence-electron chi connectivity index (χ1n) is 15.2. The van der Waals surface area contributed by atoms with Gasteiger partial charge < -0.3 is 9.47 Å². The summed E-state index contributed by atoms with van der Waals surface area (Å²) in [5, 5.41) is 12.3. The van der Waals surface area contributed by atoms with Crippen LogP contribution in [0.5, 0.6) is 5.75 Å².